The topological polar surface area (TPSA) is 131 Å². The van der Waals surface area contributed by atoms with Crippen molar-refractivity contribution in [2.75, 3.05) is 12.8 Å². The molecule has 2 aliphatic rings. The van der Waals surface area contributed by atoms with E-state index in [1.807, 2.05) is 0 Å². The Balaban J connectivity index is 1.60. The largest absolute Gasteiger partial charge is 0.434 e. The van der Waals surface area contributed by atoms with E-state index >= 15 is 0 Å². The van der Waals surface area contributed by atoms with Crippen LogP contribution in [0.2, 0.25) is 5.02 Å². The normalized spacial score (nSPS) is 23.1. The van der Waals surface area contributed by atoms with Gasteiger partial charge in [-0.3, -0.25) is 9.48 Å². The van der Waals surface area contributed by atoms with Crippen molar-refractivity contribution >= 4 is 27.3 Å². The highest BCUT2D eigenvalue weighted by Gasteiger charge is 2.67. The summed E-state index contributed by atoms with van der Waals surface area (Å²) in [5.41, 5.74) is -4.44. The highest BCUT2D eigenvalue weighted by molar-refractivity contribution is 7.91. The van der Waals surface area contributed by atoms with Crippen LogP contribution in [0.25, 0.3) is 11.3 Å². The molecule has 1 heterocycles. The van der Waals surface area contributed by atoms with Gasteiger partial charge >= 0.3 is 12.8 Å². The van der Waals surface area contributed by atoms with Crippen molar-refractivity contribution < 1.29 is 50.1 Å². The number of hydrogen-bond donors (Lipinski definition) is 3. The second-order valence-electron chi connectivity index (χ2n) is 11.0. The number of carbonyl (C=O) groups is 1. The fourth-order valence-corrected chi connectivity index (χ4v) is 6.81. The number of benzene rings is 1. The van der Waals surface area contributed by atoms with Gasteiger partial charge in [0.05, 0.1) is 33.1 Å². The fourth-order valence-electron chi connectivity index (χ4n) is 5.40. The fraction of sp³-hybridized carbons (Fsp3) is 0.615. The maximum Gasteiger partial charge on any atom is 0.397 e. The van der Waals surface area contributed by atoms with Crippen LogP contribution in [-0.4, -0.2) is 70.8 Å². The SMILES string of the molecule is CCn1nc(C(=O)NCC2(O)CCC(S(C)(=O)=O)CC2)c(Cl)c1-c1ccc(C(O)C2(C(F)(F)F)CC2)cc1OC(F)F. The molecule has 1 atom stereocenters. The van der Waals surface area contributed by atoms with E-state index in [-0.39, 0.29) is 79.2 Å². The van der Waals surface area contributed by atoms with Gasteiger partial charge in [-0.1, -0.05) is 17.7 Å². The van der Waals surface area contributed by atoms with Crippen LogP contribution in [-0.2, 0) is 16.4 Å². The van der Waals surface area contributed by atoms with Gasteiger partial charge < -0.3 is 20.3 Å². The number of carbonyl (C=O) groups excluding carboxylic acids is 1. The molecule has 1 unspecified atom stereocenters. The van der Waals surface area contributed by atoms with Gasteiger partial charge in [0, 0.05) is 24.9 Å². The third kappa shape index (κ3) is 6.38. The first-order valence-electron chi connectivity index (χ1n) is 13.2. The van der Waals surface area contributed by atoms with Crippen molar-refractivity contribution in [3.8, 4) is 17.0 Å². The molecule has 1 amide bonds. The zero-order valence-corrected chi connectivity index (χ0v) is 24.3. The summed E-state index contributed by atoms with van der Waals surface area (Å²) >= 11 is 6.50. The van der Waals surface area contributed by atoms with Crippen LogP contribution in [0.1, 0.15) is 67.6 Å². The average molecular weight is 644 g/mol. The molecule has 1 aromatic heterocycles. The van der Waals surface area contributed by atoms with E-state index in [4.69, 9.17) is 11.6 Å². The highest BCUT2D eigenvalue weighted by Crippen LogP contribution is 2.64. The summed E-state index contributed by atoms with van der Waals surface area (Å²) in [6.45, 7) is -1.86. The van der Waals surface area contributed by atoms with Gasteiger partial charge in [-0.2, -0.15) is 27.1 Å². The summed E-state index contributed by atoms with van der Waals surface area (Å²) in [5, 5.41) is 27.3. The Morgan fingerprint density at radius 2 is 1.86 bits per heavy atom. The molecule has 3 N–H and O–H groups in total. The van der Waals surface area contributed by atoms with E-state index in [0.29, 0.717) is 0 Å². The Hall–Kier alpha value is -2.49. The monoisotopic (exact) mass is 643 g/mol. The van der Waals surface area contributed by atoms with Gasteiger partial charge in [-0.25, -0.2) is 8.42 Å². The van der Waals surface area contributed by atoms with Crippen LogP contribution in [0.5, 0.6) is 5.75 Å². The lowest BCUT2D eigenvalue weighted by atomic mass is 9.84. The predicted octanol–water partition coefficient (Wildman–Crippen LogP) is 4.65. The second kappa shape index (κ2) is 11.5. The number of halogens is 6. The summed E-state index contributed by atoms with van der Waals surface area (Å²) in [6, 6.07) is 3.21. The predicted molar refractivity (Wildman–Crippen MR) is 142 cm³/mol. The Bertz CT molecular complexity index is 1440. The van der Waals surface area contributed by atoms with Crippen LogP contribution < -0.4 is 10.1 Å². The molecule has 4 rings (SSSR count). The van der Waals surface area contributed by atoms with Crippen molar-refractivity contribution in [1.82, 2.24) is 15.1 Å². The minimum absolute atomic E-state index is 0.0228. The third-order valence-electron chi connectivity index (χ3n) is 8.13. The third-order valence-corrected chi connectivity index (χ3v) is 10.2. The molecular formula is C26H31ClF5N3O6S. The van der Waals surface area contributed by atoms with Gasteiger partial charge in [0.2, 0.25) is 0 Å². The summed E-state index contributed by atoms with van der Waals surface area (Å²) in [5.74, 6) is -1.36. The van der Waals surface area contributed by atoms with Crippen LogP contribution in [0.3, 0.4) is 0 Å². The lowest BCUT2D eigenvalue weighted by molar-refractivity contribution is -0.215. The number of aliphatic hydroxyl groups excluding tert-OH is 1. The zero-order valence-electron chi connectivity index (χ0n) is 22.7. The van der Waals surface area contributed by atoms with Crippen molar-refractivity contribution in [2.45, 2.75) is 81.7 Å². The van der Waals surface area contributed by atoms with Gasteiger partial charge in [-0.05, 0) is 63.1 Å². The molecule has 9 nitrogen and oxygen atoms in total. The molecule has 2 aliphatic carbocycles. The van der Waals surface area contributed by atoms with Crippen LogP contribution in [0.15, 0.2) is 18.2 Å². The second-order valence-corrected chi connectivity index (χ2v) is 13.7. The molecule has 0 bridgehead atoms. The van der Waals surface area contributed by atoms with E-state index in [1.165, 1.54) is 10.7 Å². The number of rotatable bonds is 10. The maximum atomic E-state index is 13.6. The van der Waals surface area contributed by atoms with Gasteiger partial charge in [0.15, 0.2) is 5.69 Å². The summed E-state index contributed by atoms with van der Waals surface area (Å²) in [7, 11) is -3.27. The van der Waals surface area contributed by atoms with Crippen LogP contribution in [0, 0.1) is 5.41 Å². The molecular weight excluding hydrogens is 613 g/mol. The molecule has 1 aromatic carbocycles. The van der Waals surface area contributed by atoms with Gasteiger partial charge in [0.1, 0.15) is 15.6 Å². The van der Waals surface area contributed by atoms with E-state index < -0.39 is 56.7 Å². The first kappa shape index (κ1) is 32.4. The number of amides is 1. The highest BCUT2D eigenvalue weighted by atomic mass is 35.5. The molecule has 2 saturated carbocycles. The number of sulfone groups is 1. The van der Waals surface area contributed by atoms with Gasteiger partial charge in [0.25, 0.3) is 5.91 Å². The first-order chi connectivity index (χ1) is 19.4. The van der Waals surface area contributed by atoms with Crippen molar-refractivity contribution in [3.63, 3.8) is 0 Å². The molecule has 42 heavy (non-hydrogen) atoms. The number of hydrogen-bond acceptors (Lipinski definition) is 7. The molecule has 16 heteroatoms. The maximum absolute atomic E-state index is 13.6. The first-order valence-corrected chi connectivity index (χ1v) is 15.6. The molecule has 0 spiro atoms. The minimum Gasteiger partial charge on any atom is -0.434 e. The number of aryl methyl sites for hydroxylation is 1. The standard InChI is InChI=1S/C26H31ClF5N3O6S/c1-3-35-20(16-5-4-14(12-17(16)41-23(28)29)21(36)25(10-11-25)26(30,31)32)18(27)19(34-35)22(37)33-13-24(38)8-6-15(7-9-24)42(2,39)40/h4-5,12,15,21,23,36,38H,3,6-11,13H2,1-2H3,(H,33,37). The van der Waals surface area contributed by atoms with Crippen LogP contribution >= 0.6 is 11.6 Å². The number of aromatic nitrogens is 2. The Kier molecular flexibility index (Phi) is 8.91. The van der Waals surface area contributed by atoms with Crippen molar-refractivity contribution in [2.24, 2.45) is 5.41 Å². The van der Waals surface area contributed by atoms with E-state index in [1.54, 1.807) is 6.92 Å². The smallest absolute Gasteiger partial charge is 0.397 e. The zero-order chi connectivity index (χ0) is 31.3. The molecule has 0 saturated heterocycles. The Morgan fingerprint density at radius 3 is 2.36 bits per heavy atom. The van der Waals surface area contributed by atoms with E-state index in [9.17, 15) is 45.4 Å². The number of aliphatic hydroxyl groups is 2. The quantitative estimate of drug-likeness (QED) is 0.321. The number of nitrogens with zero attached hydrogens (tertiary/aromatic N) is 2. The summed E-state index contributed by atoms with van der Waals surface area (Å²) in [4.78, 5) is 13.0. The number of alkyl halides is 5. The average Bonchev–Trinajstić information content (AvgIpc) is 3.65. The molecule has 234 valence electrons. The van der Waals surface area contributed by atoms with Crippen molar-refractivity contribution in [3.05, 3.63) is 34.5 Å². The lowest BCUT2D eigenvalue weighted by Gasteiger charge is -2.35. The van der Waals surface area contributed by atoms with E-state index in [2.05, 4.69) is 15.2 Å². The molecule has 0 aliphatic heterocycles. The van der Waals surface area contributed by atoms with Gasteiger partial charge in [-0.15, -0.1) is 0 Å². The molecule has 2 fully saturated rings. The molecule has 0 radical (unpaired) electrons. The summed E-state index contributed by atoms with van der Waals surface area (Å²) in [6.07, 6.45) is -5.50. The van der Waals surface area contributed by atoms with E-state index in [0.717, 1.165) is 18.4 Å². The number of nitrogens with one attached hydrogen (secondary N) is 1. The molecule has 2 aromatic rings. The lowest BCUT2D eigenvalue weighted by Crippen LogP contribution is -2.47. The minimum atomic E-state index is -4.71. The van der Waals surface area contributed by atoms with Crippen molar-refractivity contribution in [1.29, 1.82) is 0 Å². The Morgan fingerprint density at radius 1 is 1.24 bits per heavy atom. The van der Waals surface area contributed by atoms with Crippen LogP contribution in [0.4, 0.5) is 22.0 Å². The summed E-state index contributed by atoms with van der Waals surface area (Å²) < 4.78 is 96.9. The number of ether oxygens (including phenoxy) is 1. The Labute approximate surface area is 243 Å².